The van der Waals surface area contributed by atoms with Crippen LogP contribution in [-0.2, 0) is 22.6 Å². The Bertz CT molecular complexity index is 930. The first-order valence-corrected chi connectivity index (χ1v) is 10.1. The summed E-state index contributed by atoms with van der Waals surface area (Å²) in [5.41, 5.74) is 4.09. The van der Waals surface area contributed by atoms with Gasteiger partial charge in [0, 0.05) is 11.2 Å². The molecular weight excluding hydrogens is 386 g/mol. The standard InChI is InChI=1S/C24H26ClNO3/c1-16(2)23(18-6-10-21(28-3)11-7-18)24(27)29-15-22-19(12-13-26-22)14-17-4-8-20(25)9-5-17/h4-13,16,23,26H,14-15H2,1-3H3. The summed E-state index contributed by atoms with van der Waals surface area (Å²) >= 11 is 5.96. The summed E-state index contributed by atoms with van der Waals surface area (Å²) in [7, 11) is 1.63. The van der Waals surface area contributed by atoms with Crippen LogP contribution in [0.4, 0.5) is 0 Å². The number of hydrogen-bond donors (Lipinski definition) is 1. The molecule has 0 fully saturated rings. The fourth-order valence-electron chi connectivity index (χ4n) is 3.40. The van der Waals surface area contributed by atoms with Crippen molar-refractivity contribution in [1.82, 2.24) is 4.98 Å². The highest BCUT2D eigenvalue weighted by molar-refractivity contribution is 6.30. The summed E-state index contributed by atoms with van der Waals surface area (Å²) in [6, 6.07) is 17.4. The molecular formula is C24H26ClNO3. The highest BCUT2D eigenvalue weighted by atomic mass is 35.5. The first-order chi connectivity index (χ1) is 14.0. The average Bonchev–Trinajstić information content (AvgIpc) is 3.15. The zero-order valence-electron chi connectivity index (χ0n) is 16.9. The van der Waals surface area contributed by atoms with Gasteiger partial charge in [-0.25, -0.2) is 0 Å². The van der Waals surface area contributed by atoms with Crippen LogP contribution in [0.15, 0.2) is 60.8 Å². The maximum absolute atomic E-state index is 12.9. The van der Waals surface area contributed by atoms with Crippen molar-refractivity contribution in [3.05, 3.63) is 88.2 Å². The highest BCUT2D eigenvalue weighted by Crippen LogP contribution is 2.28. The number of aromatic nitrogens is 1. The van der Waals surface area contributed by atoms with E-state index in [9.17, 15) is 4.79 Å². The Morgan fingerprint density at radius 3 is 2.34 bits per heavy atom. The van der Waals surface area contributed by atoms with Crippen molar-refractivity contribution in [3.8, 4) is 5.75 Å². The van der Waals surface area contributed by atoms with Crippen LogP contribution in [0.5, 0.6) is 5.75 Å². The van der Waals surface area contributed by atoms with Crippen LogP contribution >= 0.6 is 11.6 Å². The van der Waals surface area contributed by atoms with E-state index in [4.69, 9.17) is 21.1 Å². The second-order valence-electron chi connectivity index (χ2n) is 7.39. The van der Waals surface area contributed by atoms with E-state index in [0.29, 0.717) is 0 Å². The number of carbonyl (C=O) groups excluding carboxylic acids is 1. The summed E-state index contributed by atoms with van der Waals surface area (Å²) in [5, 5.41) is 0.718. The third-order valence-electron chi connectivity index (χ3n) is 4.99. The molecule has 0 amide bonds. The van der Waals surface area contributed by atoms with Crippen LogP contribution in [0, 0.1) is 5.92 Å². The van der Waals surface area contributed by atoms with E-state index < -0.39 is 0 Å². The fourth-order valence-corrected chi connectivity index (χ4v) is 3.52. The molecule has 0 aliphatic heterocycles. The van der Waals surface area contributed by atoms with Gasteiger partial charge >= 0.3 is 5.97 Å². The number of aromatic amines is 1. The summed E-state index contributed by atoms with van der Waals surface area (Å²) in [6.07, 6.45) is 2.62. The Kier molecular flexibility index (Phi) is 6.99. The molecule has 0 spiro atoms. The third kappa shape index (κ3) is 5.42. The van der Waals surface area contributed by atoms with Gasteiger partial charge in [0.1, 0.15) is 12.4 Å². The Hall–Kier alpha value is -2.72. The van der Waals surface area contributed by atoms with Gasteiger partial charge in [0.2, 0.25) is 0 Å². The van der Waals surface area contributed by atoms with Crippen molar-refractivity contribution in [2.75, 3.05) is 7.11 Å². The number of halogens is 1. The predicted octanol–water partition coefficient (Wildman–Crippen LogP) is 5.75. The summed E-state index contributed by atoms with van der Waals surface area (Å²) in [6.45, 7) is 4.27. The molecule has 0 saturated heterocycles. The van der Waals surface area contributed by atoms with Crippen molar-refractivity contribution in [3.63, 3.8) is 0 Å². The molecule has 3 rings (SSSR count). The van der Waals surface area contributed by atoms with Gasteiger partial charge in [0.25, 0.3) is 0 Å². The molecule has 29 heavy (non-hydrogen) atoms. The van der Waals surface area contributed by atoms with Gasteiger partial charge in [-0.2, -0.15) is 0 Å². The SMILES string of the molecule is COc1ccc(C(C(=O)OCc2[nH]ccc2Cc2ccc(Cl)cc2)C(C)C)cc1. The largest absolute Gasteiger partial charge is 0.497 e. The van der Waals surface area contributed by atoms with Crippen molar-refractivity contribution in [2.24, 2.45) is 5.92 Å². The Labute approximate surface area is 176 Å². The number of benzene rings is 2. The van der Waals surface area contributed by atoms with Gasteiger partial charge in [-0.05, 0) is 59.4 Å². The van der Waals surface area contributed by atoms with E-state index in [0.717, 1.165) is 39.6 Å². The molecule has 0 aliphatic carbocycles. The van der Waals surface area contributed by atoms with Gasteiger partial charge < -0.3 is 14.5 Å². The van der Waals surface area contributed by atoms with Gasteiger partial charge in [0.15, 0.2) is 0 Å². The Morgan fingerprint density at radius 2 is 1.72 bits per heavy atom. The molecule has 0 radical (unpaired) electrons. The molecule has 1 heterocycles. The maximum atomic E-state index is 12.9. The van der Waals surface area contributed by atoms with Crippen LogP contribution in [0.25, 0.3) is 0 Å². The van der Waals surface area contributed by atoms with Crippen molar-refractivity contribution in [1.29, 1.82) is 0 Å². The number of carbonyl (C=O) groups is 1. The smallest absolute Gasteiger partial charge is 0.314 e. The minimum atomic E-state index is -0.324. The van der Waals surface area contributed by atoms with Crippen LogP contribution in [-0.4, -0.2) is 18.1 Å². The average molecular weight is 412 g/mol. The summed E-state index contributed by atoms with van der Waals surface area (Å²) < 4.78 is 10.9. The van der Waals surface area contributed by atoms with Crippen molar-refractivity contribution in [2.45, 2.75) is 32.8 Å². The number of esters is 1. The third-order valence-corrected chi connectivity index (χ3v) is 5.24. The van der Waals surface area contributed by atoms with Gasteiger partial charge in [-0.1, -0.05) is 49.7 Å². The Balaban J connectivity index is 1.67. The van der Waals surface area contributed by atoms with Crippen LogP contribution in [0.2, 0.25) is 5.02 Å². The molecule has 1 atom stereocenters. The van der Waals surface area contributed by atoms with Crippen LogP contribution in [0.1, 0.15) is 42.1 Å². The van der Waals surface area contributed by atoms with Gasteiger partial charge in [-0.15, -0.1) is 0 Å². The predicted molar refractivity (Wildman–Crippen MR) is 115 cm³/mol. The van der Waals surface area contributed by atoms with Crippen LogP contribution in [0.3, 0.4) is 0 Å². The monoisotopic (exact) mass is 411 g/mol. The summed E-state index contributed by atoms with van der Waals surface area (Å²) in [5.74, 6) is 0.337. The number of methoxy groups -OCH3 is 1. The van der Waals surface area contributed by atoms with E-state index in [1.165, 1.54) is 0 Å². The minimum Gasteiger partial charge on any atom is -0.497 e. The van der Waals surface area contributed by atoms with E-state index in [1.807, 2.05) is 74.6 Å². The maximum Gasteiger partial charge on any atom is 0.314 e. The topological polar surface area (TPSA) is 51.3 Å². The molecule has 0 saturated carbocycles. The van der Waals surface area contributed by atoms with Crippen molar-refractivity contribution < 1.29 is 14.3 Å². The van der Waals surface area contributed by atoms with E-state index >= 15 is 0 Å². The molecule has 152 valence electrons. The number of H-pyrrole nitrogens is 1. The van der Waals surface area contributed by atoms with E-state index in [1.54, 1.807) is 7.11 Å². The molecule has 0 aliphatic rings. The van der Waals surface area contributed by atoms with E-state index in [-0.39, 0.29) is 24.4 Å². The van der Waals surface area contributed by atoms with Gasteiger partial charge in [-0.3, -0.25) is 4.79 Å². The molecule has 5 heteroatoms. The normalized spacial score (nSPS) is 12.0. The minimum absolute atomic E-state index is 0.119. The lowest BCUT2D eigenvalue weighted by atomic mass is 9.88. The zero-order chi connectivity index (χ0) is 20.8. The zero-order valence-corrected chi connectivity index (χ0v) is 17.7. The molecule has 4 nitrogen and oxygen atoms in total. The molecule has 2 aromatic carbocycles. The lowest BCUT2D eigenvalue weighted by molar-refractivity contribution is -0.148. The van der Waals surface area contributed by atoms with E-state index in [2.05, 4.69) is 4.98 Å². The lowest BCUT2D eigenvalue weighted by Gasteiger charge is -2.20. The van der Waals surface area contributed by atoms with Crippen molar-refractivity contribution >= 4 is 17.6 Å². The first-order valence-electron chi connectivity index (χ1n) is 9.68. The number of rotatable bonds is 8. The molecule has 1 unspecified atom stereocenters. The quantitative estimate of drug-likeness (QED) is 0.480. The second kappa shape index (κ2) is 9.66. The second-order valence-corrected chi connectivity index (χ2v) is 7.82. The lowest BCUT2D eigenvalue weighted by Crippen LogP contribution is -2.21. The number of ether oxygens (including phenoxy) is 2. The Morgan fingerprint density at radius 1 is 1.03 bits per heavy atom. The molecule has 3 aromatic rings. The number of hydrogen-bond acceptors (Lipinski definition) is 3. The van der Waals surface area contributed by atoms with Crippen LogP contribution < -0.4 is 4.74 Å². The molecule has 1 N–H and O–H groups in total. The first kappa shape index (κ1) is 21.0. The number of nitrogens with one attached hydrogen (secondary N) is 1. The van der Waals surface area contributed by atoms with Gasteiger partial charge in [0.05, 0.1) is 18.7 Å². The summed E-state index contributed by atoms with van der Waals surface area (Å²) in [4.78, 5) is 16.1. The molecule has 0 bridgehead atoms. The molecule has 1 aromatic heterocycles. The fraction of sp³-hybridized carbons (Fsp3) is 0.292. The highest BCUT2D eigenvalue weighted by Gasteiger charge is 2.26.